The fourth-order valence-corrected chi connectivity index (χ4v) is 2.82. The molecule has 1 fully saturated rings. The van der Waals surface area contributed by atoms with Crippen LogP contribution in [0.1, 0.15) is 43.2 Å². The molecule has 0 saturated heterocycles. The third-order valence-electron chi connectivity index (χ3n) is 3.98. The van der Waals surface area contributed by atoms with Crippen molar-refractivity contribution in [3.05, 3.63) is 23.1 Å². The summed E-state index contributed by atoms with van der Waals surface area (Å²) in [4.78, 5) is 12.1. The molecule has 0 spiro atoms. The molecule has 2 unspecified atom stereocenters. The lowest BCUT2D eigenvalue weighted by Gasteiger charge is -2.42. The Hall–Kier alpha value is -1.00. The molecule has 4 nitrogen and oxygen atoms in total. The first-order valence-corrected chi connectivity index (χ1v) is 6.73. The molecule has 100 valence electrons. The van der Waals surface area contributed by atoms with E-state index < -0.39 is 0 Å². The minimum absolute atomic E-state index is 0.221. The summed E-state index contributed by atoms with van der Waals surface area (Å²) in [5.41, 5.74) is 5.58. The quantitative estimate of drug-likeness (QED) is 0.887. The first kappa shape index (κ1) is 13.4. The van der Waals surface area contributed by atoms with Crippen LogP contribution >= 0.6 is 11.6 Å². The van der Waals surface area contributed by atoms with E-state index in [0.29, 0.717) is 12.5 Å². The van der Waals surface area contributed by atoms with E-state index in [2.05, 4.69) is 12.2 Å². The Labute approximate surface area is 112 Å². The van der Waals surface area contributed by atoms with Gasteiger partial charge in [-0.25, -0.2) is 0 Å². The van der Waals surface area contributed by atoms with Crippen LogP contribution in [0.4, 0.5) is 0 Å². The van der Waals surface area contributed by atoms with Crippen molar-refractivity contribution in [1.82, 2.24) is 5.32 Å². The van der Waals surface area contributed by atoms with Crippen molar-refractivity contribution in [1.29, 1.82) is 0 Å². The third-order valence-corrected chi connectivity index (χ3v) is 4.18. The van der Waals surface area contributed by atoms with Crippen LogP contribution in [0.5, 0.6) is 0 Å². The van der Waals surface area contributed by atoms with Crippen LogP contribution in [0, 0.1) is 5.92 Å². The third kappa shape index (κ3) is 2.54. The molecule has 1 aliphatic carbocycles. The Balaban J connectivity index is 2.12. The van der Waals surface area contributed by atoms with Crippen LogP contribution in [0.25, 0.3) is 0 Å². The van der Waals surface area contributed by atoms with Crippen LogP contribution in [-0.2, 0) is 0 Å². The summed E-state index contributed by atoms with van der Waals surface area (Å²) in [5, 5.41) is 3.27. The molecular formula is C13H19ClN2O2. The number of amides is 1. The zero-order valence-electron chi connectivity index (χ0n) is 10.5. The molecule has 2 atom stereocenters. The Morgan fingerprint density at radius 3 is 2.94 bits per heavy atom. The molecule has 1 aliphatic rings. The number of furan rings is 1. The molecule has 1 saturated carbocycles. The predicted octanol–water partition coefficient (Wildman–Crippen LogP) is 2.57. The predicted molar refractivity (Wildman–Crippen MR) is 70.6 cm³/mol. The largest absolute Gasteiger partial charge is 0.440 e. The Morgan fingerprint density at radius 1 is 1.61 bits per heavy atom. The van der Waals surface area contributed by atoms with Crippen molar-refractivity contribution < 1.29 is 9.21 Å². The summed E-state index contributed by atoms with van der Waals surface area (Å²) in [5.74, 6) is 0.386. The number of halogens is 1. The maximum Gasteiger partial charge on any atom is 0.287 e. The Morgan fingerprint density at radius 2 is 2.39 bits per heavy atom. The normalized spacial score (nSPS) is 28.1. The maximum atomic E-state index is 12.1. The molecule has 0 bridgehead atoms. The highest BCUT2D eigenvalue weighted by atomic mass is 35.5. The molecule has 1 aromatic heterocycles. The van der Waals surface area contributed by atoms with E-state index in [9.17, 15) is 4.79 Å². The van der Waals surface area contributed by atoms with E-state index in [-0.39, 0.29) is 22.4 Å². The Bertz CT molecular complexity index is 432. The van der Waals surface area contributed by atoms with Gasteiger partial charge >= 0.3 is 0 Å². The van der Waals surface area contributed by atoms with Gasteiger partial charge in [0.1, 0.15) is 0 Å². The molecule has 1 heterocycles. The lowest BCUT2D eigenvalue weighted by molar-refractivity contribution is 0.0785. The average molecular weight is 271 g/mol. The Kier molecular flexibility index (Phi) is 3.97. The standard InChI is InChI=1S/C13H19ClN2O2/c1-9-4-2-3-7-13(9,8-15)16-12(17)10-5-6-11(14)18-10/h5-6,9H,2-4,7-8,15H2,1H3,(H,16,17). The van der Waals surface area contributed by atoms with E-state index in [4.69, 9.17) is 21.8 Å². The van der Waals surface area contributed by atoms with Crippen molar-refractivity contribution in [2.45, 2.75) is 38.1 Å². The number of nitrogens with two attached hydrogens (primary N) is 1. The number of nitrogens with one attached hydrogen (secondary N) is 1. The van der Waals surface area contributed by atoms with Crippen molar-refractivity contribution in [2.75, 3.05) is 6.54 Å². The van der Waals surface area contributed by atoms with Crippen LogP contribution < -0.4 is 11.1 Å². The van der Waals surface area contributed by atoms with Crippen LogP contribution in [-0.4, -0.2) is 18.0 Å². The average Bonchev–Trinajstić information content (AvgIpc) is 2.79. The second-order valence-corrected chi connectivity index (χ2v) is 5.44. The van der Waals surface area contributed by atoms with Gasteiger partial charge in [-0.3, -0.25) is 4.79 Å². The topological polar surface area (TPSA) is 68.3 Å². The summed E-state index contributed by atoms with van der Waals surface area (Å²) in [6.45, 7) is 2.59. The summed E-state index contributed by atoms with van der Waals surface area (Å²) in [6.07, 6.45) is 4.31. The van der Waals surface area contributed by atoms with Crippen molar-refractivity contribution in [2.24, 2.45) is 11.7 Å². The molecule has 2 rings (SSSR count). The second-order valence-electron chi connectivity index (χ2n) is 5.06. The lowest BCUT2D eigenvalue weighted by atomic mass is 9.73. The summed E-state index contributed by atoms with van der Waals surface area (Å²) in [6, 6.07) is 3.14. The van der Waals surface area contributed by atoms with Crippen molar-refractivity contribution >= 4 is 17.5 Å². The minimum atomic E-state index is -0.311. The molecule has 0 radical (unpaired) electrons. The highest BCUT2D eigenvalue weighted by molar-refractivity contribution is 6.29. The molecule has 18 heavy (non-hydrogen) atoms. The second kappa shape index (κ2) is 5.33. The maximum absolute atomic E-state index is 12.1. The van der Waals surface area contributed by atoms with Gasteiger partial charge in [-0.2, -0.15) is 0 Å². The fourth-order valence-electron chi connectivity index (χ4n) is 2.68. The van der Waals surface area contributed by atoms with E-state index in [1.165, 1.54) is 6.42 Å². The smallest absolute Gasteiger partial charge is 0.287 e. The van der Waals surface area contributed by atoms with Gasteiger partial charge in [0, 0.05) is 6.54 Å². The molecular weight excluding hydrogens is 252 g/mol. The molecule has 0 aliphatic heterocycles. The fraction of sp³-hybridized carbons (Fsp3) is 0.615. The lowest BCUT2D eigenvalue weighted by Crippen LogP contribution is -2.59. The van der Waals surface area contributed by atoms with Gasteiger partial charge in [0.25, 0.3) is 5.91 Å². The summed E-state index contributed by atoms with van der Waals surface area (Å²) in [7, 11) is 0. The molecule has 1 aromatic rings. The van der Waals surface area contributed by atoms with Crippen LogP contribution in [0.2, 0.25) is 5.22 Å². The van der Waals surface area contributed by atoms with Crippen molar-refractivity contribution in [3.63, 3.8) is 0 Å². The van der Waals surface area contributed by atoms with E-state index in [1.54, 1.807) is 12.1 Å². The first-order chi connectivity index (χ1) is 8.57. The highest BCUT2D eigenvalue weighted by Gasteiger charge is 2.38. The summed E-state index contributed by atoms with van der Waals surface area (Å²) < 4.78 is 5.12. The number of carbonyl (C=O) groups excluding carboxylic acids is 1. The monoisotopic (exact) mass is 270 g/mol. The van der Waals surface area contributed by atoms with Gasteiger partial charge < -0.3 is 15.5 Å². The molecule has 0 aromatic carbocycles. The first-order valence-electron chi connectivity index (χ1n) is 6.35. The zero-order valence-corrected chi connectivity index (χ0v) is 11.3. The number of carbonyl (C=O) groups is 1. The molecule has 3 N–H and O–H groups in total. The van der Waals surface area contributed by atoms with Gasteiger partial charge in [-0.15, -0.1) is 0 Å². The van der Waals surface area contributed by atoms with Gasteiger partial charge in [0.15, 0.2) is 11.0 Å². The van der Waals surface area contributed by atoms with Gasteiger partial charge in [0.05, 0.1) is 5.54 Å². The van der Waals surface area contributed by atoms with Gasteiger partial charge in [0.2, 0.25) is 0 Å². The molecule has 1 amide bonds. The molecule has 5 heteroatoms. The van der Waals surface area contributed by atoms with E-state index in [0.717, 1.165) is 19.3 Å². The van der Waals surface area contributed by atoms with Crippen molar-refractivity contribution in [3.8, 4) is 0 Å². The SMILES string of the molecule is CC1CCCCC1(CN)NC(=O)c1ccc(Cl)o1. The number of hydrogen-bond donors (Lipinski definition) is 2. The number of hydrogen-bond acceptors (Lipinski definition) is 3. The van der Waals surface area contributed by atoms with Crippen LogP contribution in [0.15, 0.2) is 16.5 Å². The van der Waals surface area contributed by atoms with E-state index >= 15 is 0 Å². The van der Waals surface area contributed by atoms with Gasteiger partial charge in [-0.05, 0) is 42.5 Å². The van der Waals surface area contributed by atoms with E-state index in [1.807, 2.05) is 0 Å². The summed E-state index contributed by atoms with van der Waals surface area (Å²) >= 11 is 5.67. The van der Waals surface area contributed by atoms with Crippen LogP contribution in [0.3, 0.4) is 0 Å². The number of rotatable bonds is 3. The van der Waals surface area contributed by atoms with Gasteiger partial charge in [-0.1, -0.05) is 19.8 Å². The highest BCUT2D eigenvalue weighted by Crippen LogP contribution is 2.33. The zero-order chi connectivity index (χ0) is 13.2. The minimum Gasteiger partial charge on any atom is -0.440 e.